The van der Waals surface area contributed by atoms with E-state index in [2.05, 4.69) is 32.8 Å². The Hall–Kier alpha value is -4.99. The first-order valence-corrected chi connectivity index (χ1v) is 15.1. The molecule has 2 aromatic heterocycles. The van der Waals surface area contributed by atoms with Gasteiger partial charge in [-0.1, -0.05) is 36.4 Å². The van der Waals surface area contributed by atoms with E-state index in [4.69, 9.17) is 0 Å². The molecule has 6 rings (SSSR count). The third kappa shape index (κ3) is 7.06. The van der Waals surface area contributed by atoms with Crippen molar-refractivity contribution in [3.63, 3.8) is 0 Å². The van der Waals surface area contributed by atoms with Gasteiger partial charge in [0.1, 0.15) is 23.7 Å². The third-order valence-corrected chi connectivity index (χ3v) is 8.23. The Kier molecular flexibility index (Phi) is 8.64. The van der Waals surface area contributed by atoms with Crippen LogP contribution in [0.3, 0.4) is 0 Å². The van der Waals surface area contributed by atoms with Gasteiger partial charge in [0.15, 0.2) is 0 Å². The van der Waals surface area contributed by atoms with Crippen molar-refractivity contribution >= 4 is 34.7 Å². The van der Waals surface area contributed by atoms with Crippen molar-refractivity contribution in [1.82, 2.24) is 25.5 Å². The zero-order valence-corrected chi connectivity index (χ0v) is 24.8. The molecular weight excluding hydrogens is 576 g/mol. The maximum atomic E-state index is 14.6. The second-order valence-electron chi connectivity index (χ2n) is 11.6. The van der Waals surface area contributed by atoms with Gasteiger partial charge in [0.05, 0.1) is 24.6 Å². The first-order valence-electron chi connectivity index (χ1n) is 15.1. The summed E-state index contributed by atoms with van der Waals surface area (Å²) in [6.07, 6.45) is 8.59. The van der Waals surface area contributed by atoms with Crippen molar-refractivity contribution in [3.05, 3.63) is 102 Å². The number of likely N-dealkylation sites (tertiary alicyclic amines) is 1. The number of fused-ring (bicyclic) bond motifs is 1. The first-order chi connectivity index (χ1) is 21.7. The molecule has 1 saturated carbocycles. The highest BCUT2D eigenvalue weighted by molar-refractivity contribution is 5.97. The molecule has 0 spiro atoms. The SMILES string of the molecule is C[C@H](NC(=O)[C@@H]1C[C@@H](F)CN1C(=O)CNC(=O)c1ccc2cc(F)ccc2n1)c1cc(-c2cccnc2)ccc1/C=C/C1CC1. The summed E-state index contributed by atoms with van der Waals surface area (Å²) >= 11 is 0. The van der Waals surface area contributed by atoms with Crippen molar-refractivity contribution in [2.45, 2.75) is 44.4 Å². The quantitative estimate of drug-likeness (QED) is 0.264. The van der Waals surface area contributed by atoms with Crippen molar-refractivity contribution in [2.24, 2.45) is 5.92 Å². The number of hydrogen-bond acceptors (Lipinski definition) is 5. The second kappa shape index (κ2) is 12.9. The molecule has 0 radical (unpaired) electrons. The van der Waals surface area contributed by atoms with E-state index in [1.165, 1.54) is 42.0 Å². The summed E-state index contributed by atoms with van der Waals surface area (Å²) in [5.41, 5.74) is 4.24. The number of carbonyl (C=O) groups excluding carboxylic acids is 3. The topological polar surface area (TPSA) is 104 Å². The number of nitrogens with zero attached hydrogens (tertiary/aromatic N) is 3. The fourth-order valence-electron chi connectivity index (χ4n) is 5.61. The Morgan fingerprint density at radius 1 is 1.07 bits per heavy atom. The second-order valence-corrected chi connectivity index (χ2v) is 11.6. The van der Waals surface area contributed by atoms with E-state index in [0.29, 0.717) is 16.8 Å². The van der Waals surface area contributed by atoms with Gasteiger partial charge in [0.2, 0.25) is 11.8 Å². The van der Waals surface area contributed by atoms with Crippen LogP contribution in [0.15, 0.2) is 79.1 Å². The lowest BCUT2D eigenvalue weighted by molar-refractivity contribution is -0.138. The number of carbonyl (C=O) groups is 3. The molecule has 2 N–H and O–H groups in total. The van der Waals surface area contributed by atoms with Gasteiger partial charge in [0.25, 0.3) is 5.91 Å². The van der Waals surface area contributed by atoms with Crippen LogP contribution in [0.1, 0.15) is 53.8 Å². The average molecular weight is 610 g/mol. The van der Waals surface area contributed by atoms with Crippen molar-refractivity contribution in [1.29, 1.82) is 0 Å². The molecule has 8 nitrogen and oxygen atoms in total. The highest BCUT2D eigenvalue weighted by Gasteiger charge is 2.40. The maximum Gasteiger partial charge on any atom is 0.270 e. The summed E-state index contributed by atoms with van der Waals surface area (Å²) in [5, 5.41) is 6.05. The van der Waals surface area contributed by atoms with Crippen LogP contribution < -0.4 is 10.6 Å². The molecule has 3 amide bonds. The predicted octanol–water partition coefficient (Wildman–Crippen LogP) is 5.41. The van der Waals surface area contributed by atoms with E-state index < -0.39 is 48.3 Å². The minimum atomic E-state index is -1.37. The average Bonchev–Trinajstić information content (AvgIpc) is 3.80. The minimum absolute atomic E-state index is 0.0508. The zero-order chi connectivity index (χ0) is 31.5. The molecule has 1 aliphatic carbocycles. The van der Waals surface area contributed by atoms with E-state index >= 15 is 0 Å². The molecule has 230 valence electrons. The number of halogens is 2. The fourth-order valence-corrected chi connectivity index (χ4v) is 5.61. The lowest BCUT2D eigenvalue weighted by Crippen LogP contribution is -2.49. The van der Waals surface area contributed by atoms with Crippen LogP contribution in [0.4, 0.5) is 8.78 Å². The first kappa shape index (κ1) is 30.1. The summed E-state index contributed by atoms with van der Waals surface area (Å²) < 4.78 is 28.1. The smallest absolute Gasteiger partial charge is 0.270 e. The van der Waals surface area contributed by atoms with Gasteiger partial charge in [-0.3, -0.25) is 19.4 Å². The number of allylic oxidation sites excluding steroid dienone is 1. The molecule has 1 saturated heterocycles. The van der Waals surface area contributed by atoms with Gasteiger partial charge in [-0.05, 0) is 84.3 Å². The van der Waals surface area contributed by atoms with Crippen LogP contribution >= 0.6 is 0 Å². The summed E-state index contributed by atoms with van der Waals surface area (Å²) in [7, 11) is 0. The molecule has 2 fully saturated rings. The highest BCUT2D eigenvalue weighted by Crippen LogP contribution is 2.33. The number of aromatic nitrogens is 2. The van der Waals surface area contributed by atoms with Crippen LogP contribution in [0.5, 0.6) is 0 Å². The molecule has 2 aromatic carbocycles. The molecule has 0 bridgehead atoms. The normalized spacial score (nSPS) is 18.7. The summed E-state index contributed by atoms with van der Waals surface area (Å²) in [6.45, 7) is 1.19. The van der Waals surface area contributed by atoms with Gasteiger partial charge in [-0.15, -0.1) is 0 Å². The number of benzene rings is 2. The Bertz CT molecular complexity index is 1780. The monoisotopic (exact) mass is 609 g/mol. The van der Waals surface area contributed by atoms with Gasteiger partial charge >= 0.3 is 0 Å². The summed E-state index contributed by atoms with van der Waals surface area (Å²) in [5.74, 6) is -1.50. The molecule has 45 heavy (non-hydrogen) atoms. The predicted molar refractivity (Wildman–Crippen MR) is 167 cm³/mol. The van der Waals surface area contributed by atoms with E-state index in [9.17, 15) is 23.2 Å². The number of amides is 3. The fraction of sp³-hybridized carbons (Fsp3) is 0.286. The minimum Gasteiger partial charge on any atom is -0.348 e. The summed E-state index contributed by atoms with van der Waals surface area (Å²) in [6, 6.07) is 15.5. The van der Waals surface area contributed by atoms with Crippen molar-refractivity contribution in [3.8, 4) is 11.1 Å². The number of pyridine rings is 2. The largest absolute Gasteiger partial charge is 0.348 e. The van der Waals surface area contributed by atoms with Gasteiger partial charge in [-0.2, -0.15) is 0 Å². The molecule has 1 aliphatic heterocycles. The van der Waals surface area contributed by atoms with E-state index in [0.717, 1.165) is 22.3 Å². The highest BCUT2D eigenvalue weighted by atomic mass is 19.1. The van der Waals surface area contributed by atoms with E-state index in [1.54, 1.807) is 18.5 Å². The molecule has 10 heteroatoms. The Labute approximate surface area is 259 Å². The summed E-state index contributed by atoms with van der Waals surface area (Å²) in [4.78, 5) is 49.0. The van der Waals surface area contributed by atoms with Gasteiger partial charge < -0.3 is 15.5 Å². The Morgan fingerprint density at radius 2 is 1.91 bits per heavy atom. The molecule has 4 aromatic rings. The molecule has 3 heterocycles. The van der Waals surface area contributed by atoms with Crippen LogP contribution in [0.2, 0.25) is 0 Å². The number of alkyl halides is 1. The Balaban J connectivity index is 1.13. The third-order valence-electron chi connectivity index (χ3n) is 8.23. The molecule has 3 atom stereocenters. The number of hydrogen-bond donors (Lipinski definition) is 2. The van der Waals surface area contributed by atoms with Crippen LogP contribution in [0.25, 0.3) is 28.1 Å². The van der Waals surface area contributed by atoms with Crippen LogP contribution in [-0.2, 0) is 9.59 Å². The van der Waals surface area contributed by atoms with Crippen molar-refractivity contribution in [2.75, 3.05) is 13.1 Å². The molecule has 2 aliphatic rings. The van der Waals surface area contributed by atoms with Gasteiger partial charge in [-0.25, -0.2) is 13.8 Å². The molecular formula is C35H33F2N5O3. The van der Waals surface area contributed by atoms with E-state index in [-0.39, 0.29) is 18.7 Å². The number of rotatable bonds is 9. The van der Waals surface area contributed by atoms with Crippen molar-refractivity contribution < 1.29 is 23.2 Å². The Morgan fingerprint density at radius 3 is 2.69 bits per heavy atom. The maximum absolute atomic E-state index is 14.6. The zero-order valence-electron chi connectivity index (χ0n) is 24.8. The van der Waals surface area contributed by atoms with Crippen LogP contribution in [0, 0.1) is 11.7 Å². The van der Waals surface area contributed by atoms with E-state index in [1.807, 2.05) is 37.3 Å². The number of nitrogens with one attached hydrogen (secondary N) is 2. The lowest BCUT2D eigenvalue weighted by Gasteiger charge is -2.26. The van der Waals surface area contributed by atoms with Crippen LogP contribution in [-0.4, -0.2) is 57.9 Å². The molecule has 0 unspecified atom stereocenters. The van der Waals surface area contributed by atoms with Gasteiger partial charge in [0, 0.05) is 24.2 Å². The standard InChI is InChI=1S/C35H33F2N5O3/c1-21(29-16-24(26-3-2-14-38-18-26)9-8-23(29)7-6-22-4-5-22)40-35(45)32-17-28(37)20-42(32)33(43)19-39-34(44)31-12-10-25-15-27(36)11-13-30(25)41-31/h2-3,6-16,18,21-22,28,32H,4-5,17,19-20H2,1H3,(H,39,44)(H,40,45)/b7-6+/t21-,28+,32-/m0/s1. The lowest BCUT2D eigenvalue weighted by atomic mass is 9.95.